The number of ether oxygens (including phenoxy) is 1. The van der Waals surface area contributed by atoms with Crippen LogP contribution < -0.4 is 10.0 Å². The van der Waals surface area contributed by atoms with Crippen LogP contribution in [0.1, 0.15) is 34.2 Å². The lowest BCUT2D eigenvalue weighted by Gasteiger charge is -2.10. The minimum absolute atomic E-state index is 0.0547. The topological polar surface area (TPSA) is 117 Å². The molecule has 1 aromatic heterocycles. The first-order valence-corrected chi connectivity index (χ1v) is 9.86. The second kappa shape index (κ2) is 8.36. The lowest BCUT2D eigenvalue weighted by molar-refractivity contribution is -0.115. The van der Waals surface area contributed by atoms with E-state index >= 15 is 0 Å². The van der Waals surface area contributed by atoms with Crippen molar-refractivity contribution < 1.29 is 22.7 Å². The molecule has 0 aliphatic heterocycles. The third-order valence-electron chi connectivity index (χ3n) is 3.79. The Morgan fingerprint density at radius 2 is 1.85 bits per heavy atom. The molecule has 2 rings (SSSR count). The number of hydrogen-bond acceptors (Lipinski definition) is 5. The molecule has 1 heterocycles. The van der Waals surface area contributed by atoms with E-state index in [1.807, 2.05) is 13.0 Å². The lowest BCUT2D eigenvalue weighted by atomic mass is 10.2. The molecule has 0 spiro atoms. The van der Waals surface area contributed by atoms with E-state index in [1.54, 1.807) is 32.0 Å². The molecule has 1 amide bonds. The van der Waals surface area contributed by atoms with Gasteiger partial charge in [0.25, 0.3) is 0 Å². The summed E-state index contributed by atoms with van der Waals surface area (Å²) in [5, 5.41) is 2.62. The Kier molecular flexibility index (Phi) is 6.40. The molecule has 2 aromatic rings. The minimum Gasteiger partial charge on any atom is -0.462 e. The van der Waals surface area contributed by atoms with Crippen LogP contribution in [0.4, 0.5) is 5.69 Å². The number of H-pyrrole nitrogens is 1. The summed E-state index contributed by atoms with van der Waals surface area (Å²) in [6, 6.07) is 7.14. The second-order valence-corrected chi connectivity index (χ2v) is 7.75. The number of aromatic amines is 1. The molecule has 27 heavy (non-hydrogen) atoms. The number of anilines is 1. The van der Waals surface area contributed by atoms with E-state index in [4.69, 9.17) is 4.74 Å². The van der Waals surface area contributed by atoms with Crippen molar-refractivity contribution in [2.24, 2.45) is 0 Å². The van der Waals surface area contributed by atoms with Crippen LogP contribution in [0, 0.1) is 20.8 Å². The van der Waals surface area contributed by atoms with Crippen LogP contribution in [-0.4, -0.2) is 38.4 Å². The number of esters is 1. The smallest absolute Gasteiger partial charge is 0.341 e. The summed E-state index contributed by atoms with van der Waals surface area (Å²) in [7, 11) is -4.10. The van der Waals surface area contributed by atoms with E-state index in [2.05, 4.69) is 15.0 Å². The number of rotatable bonds is 7. The van der Waals surface area contributed by atoms with Gasteiger partial charge in [0.15, 0.2) is 0 Å². The molecule has 9 heteroatoms. The lowest BCUT2D eigenvalue weighted by Crippen LogP contribution is -2.33. The summed E-state index contributed by atoms with van der Waals surface area (Å²) in [6.07, 6.45) is 0. The minimum atomic E-state index is -4.10. The van der Waals surface area contributed by atoms with Gasteiger partial charge in [-0.05, 0) is 45.4 Å². The number of hydrogen-bond donors (Lipinski definition) is 3. The van der Waals surface area contributed by atoms with E-state index in [0.717, 1.165) is 5.56 Å². The number of aryl methyl sites for hydroxylation is 3. The quantitative estimate of drug-likeness (QED) is 0.622. The van der Waals surface area contributed by atoms with Crippen molar-refractivity contribution >= 4 is 27.6 Å². The van der Waals surface area contributed by atoms with Gasteiger partial charge in [0.05, 0.1) is 13.2 Å². The molecule has 0 aliphatic rings. The Morgan fingerprint density at radius 1 is 1.15 bits per heavy atom. The van der Waals surface area contributed by atoms with Crippen LogP contribution >= 0.6 is 0 Å². The van der Waals surface area contributed by atoms with Gasteiger partial charge >= 0.3 is 5.97 Å². The normalized spacial score (nSPS) is 11.3. The Hall–Kier alpha value is -2.65. The monoisotopic (exact) mass is 393 g/mol. The Balaban J connectivity index is 2.17. The van der Waals surface area contributed by atoms with Crippen molar-refractivity contribution in [3.8, 4) is 0 Å². The fourth-order valence-electron chi connectivity index (χ4n) is 2.70. The van der Waals surface area contributed by atoms with Crippen molar-refractivity contribution in [3.63, 3.8) is 0 Å². The number of sulfonamides is 1. The molecule has 0 radical (unpaired) electrons. The molecule has 0 saturated heterocycles. The van der Waals surface area contributed by atoms with Crippen molar-refractivity contribution in [1.82, 2.24) is 9.71 Å². The molecule has 146 valence electrons. The standard InChI is InChI=1S/C18H23N3O5S/c1-5-26-18(23)16-12(3)20-13(4)17(16)27(24,25)19-10-15(22)21-14-8-6-7-11(2)9-14/h6-9,19-20H,5,10H2,1-4H3,(H,21,22). The molecule has 3 N–H and O–H groups in total. The summed E-state index contributed by atoms with van der Waals surface area (Å²) >= 11 is 0. The number of carbonyl (C=O) groups is 2. The molecule has 0 unspecified atom stereocenters. The Morgan fingerprint density at radius 3 is 2.48 bits per heavy atom. The number of aromatic nitrogens is 1. The van der Waals surface area contributed by atoms with E-state index in [1.165, 1.54) is 6.92 Å². The van der Waals surface area contributed by atoms with E-state index in [9.17, 15) is 18.0 Å². The predicted octanol–water partition coefficient (Wildman–Crippen LogP) is 2.03. The number of nitrogens with one attached hydrogen (secondary N) is 3. The maximum absolute atomic E-state index is 12.7. The zero-order valence-corrected chi connectivity index (χ0v) is 16.5. The van der Waals surface area contributed by atoms with Gasteiger partial charge in [0.1, 0.15) is 10.5 Å². The summed E-state index contributed by atoms with van der Waals surface area (Å²) in [6.45, 7) is 6.29. The van der Waals surface area contributed by atoms with Gasteiger partial charge in [0, 0.05) is 17.1 Å². The predicted molar refractivity (Wildman–Crippen MR) is 101 cm³/mol. The van der Waals surface area contributed by atoms with E-state index < -0.39 is 28.4 Å². The number of carbonyl (C=O) groups excluding carboxylic acids is 2. The summed E-state index contributed by atoms with van der Waals surface area (Å²) in [5.74, 6) is -1.25. The van der Waals surface area contributed by atoms with E-state index in [-0.39, 0.29) is 17.1 Å². The van der Waals surface area contributed by atoms with Gasteiger partial charge in [0.2, 0.25) is 15.9 Å². The zero-order chi connectivity index (χ0) is 20.2. The zero-order valence-electron chi connectivity index (χ0n) is 15.7. The highest BCUT2D eigenvalue weighted by molar-refractivity contribution is 7.89. The molecule has 0 aliphatic carbocycles. The molecule has 8 nitrogen and oxygen atoms in total. The Labute approximate surface area is 158 Å². The van der Waals surface area contributed by atoms with Crippen LogP contribution in [-0.2, 0) is 19.6 Å². The molecule has 0 saturated carbocycles. The summed E-state index contributed by atoms with van der Waals surface area (Å²) < 4.78 is 32.6. The first-order valence-electron chi connectivity index (χ1n) is 8.38. The highest BCUT2D eigenvalue weighted by atomic mass is 32.2. The maximum Gasteiger partial charge on any atom is 0.341 e. The number of benzene rings is 1. The first kappa shape index (κ1) is 20.7. The van der Waals surface area contributed by atoms with Gasteiger partial charge in [-0.15, -0.1) is 0 Å². The summed E-state index contributed by atoms with van der Waals surface area (Å²) in [4.78, 5) is 26.8. The van der Waals surface area contributed by atoms with Crippen molar-refractivity contribution in [1.29, 1.82) is 0 Å². The SMILES string of the molecule is CCOC(=O)c1c(C)[nH]c(C)c1S(=O)(=O)NCC(=O)Nc1cccc(C)c1. The van der Waals surface area contributed by atoms with Gasteiger partial charge in [-0.3, -0.25) is 4.79 Å². The van der Waals surface area contributed by atoms with Crippen molar-refractivity contribution in [2.75, 3.05) is 18.5 Å². The average molecular weight is 393 g/mol. The van der Waals surface area contributed by atoms with Crippen LogP contribution in [0.2, 0.25) is 0 Å². The number of amides is 1. The van der Waals surface area contributed by atoms with Crippen molar-refractivity contribution in [2.45, 2.75) is 32.6 Å². The fourth-order valence-corrected chi connectivity index (χ4v) is 4.13. The molecule has 1 aromatic carbocycles. The molecular weight excluding hydrogens is 370 g/mol. The van der Waals surface area contributed by atoms with Crippen LogP contribution in [0.25, 0.3) is 0 Å². The van der Waals surface area contributed by atoms with Crippen LogP contribution in [0.15, 0.2) is 29.2 Å². The van der Waals surface area contributed by atoms with Gasteiger partial charge in [-0.25, -0.2) is 17.9 Å². The van der Waals surface area contributed by atoms with Gasteiger partial charge in [-0.1, -0.05) is 12.1 Å². The Bertz CT molecular complexity index is 963. The van der Waals surface area contributed by atoms with Gasteiger partial charge < -0.3 is 15.0 Å². The molecular formula is C18H23N3O5S. The molecule has 0 fully saturated rings. The third kappa shape index (κ3) is 4.95. The van der Waals surface area contributed by atoms with Crippen molar-refractivity contribution in [3.05, 3.63) is 46.8 Å². The van der Waals surface area contributed by atoms with E-state index in [0.29, 0.717) is 17.1 Å². The molecule has 0 bridgehead atoms. The first-order chi connectivity index (χ1) is 12.7. The highest BCUT2D eigenvalue weighted by Crippen LogP contribution is 2.24. The van der Waals surface area contributed by atoms with Gasteiger partial charge in [-0.2, -0.15) is 0 Å². The third-order valence-corrected chi connectivity index (χ3v) is 5.36. The van der Waals surface area contributed by atoms with Crippen LogP contribution in [0.3, 0.4) is 0 Å². The largest absolute Gasteiger partial charge is 0.462 e. The second-order valence-electron chi connectivity index (χ2n) is 6.04. The maximum atomic E-state index is 12.7. The highest BCUT2D eigenvalue weighted by Gasteiger charge is 2.30. The summed E-state index contributed by atoms with van der Waals surface area (Å²) in [5.41, 5.74) is 2.16. The van der Waals surface area contributed by atoms with Crippen LogP contribution in [0.5, 0.6) is 0 Å². The average Bonchev–Trinajstić information content (AvgIpc) is 2.88. The molecule has 0 atom stereocenters. The fraction of sp³-hybridized carbons (Fsp3) is 0.333.